The number of rotatable bonds is 7. The van der Waals surface area contributed by atoms with Crippen LogP contribution in [-0.4, -0.2) is 40.6 Å². The van der Waals surface area contributed by atoms with E-state index >= 15 is 0 Å². The molecule has 2 heterocycles. The van der Waals surface area contributed by atoms with E-state index in [1.54, 1.807) is 6.92 Å². The first-order valence-corrected chi connectivity index (χ1v) is 9.84. The van der Waals surface area contributed by atoms with Gasteiger partial charge in [-0.05, 0) is 44.0 Å². The number of hydrogen-bond donors (Lipinski definition) is 2. The summed E-state index contributed by atoms with van der Waals surface area (Å²) < 4.78 is 4.99. The number of nitrogens with one attached hydrogen (secondary N) is 2. The van der Waals surface area contributed by atoms with Crippen LogP contribution in [0.4, 0.5) is 0 Å². The van der Waals surface area contributed by atoms with Gasteiger partial charge in [0.2, 0.25) is 5.89 Å². The van der Waals surface area contributed by atoms with Crippen molar-refractivity contribution in [3.63, 3.8) is 0 Å². The van der Waals surface area contributed by atoms with Crippen LogP contribution in [0.15, 0.2) is 33.8 Å². The Morgan fingerprint density at radius 2 is 1.82 bits per heavy atom. The molecule has 7 nitrogen and oxygen atoms in total. The second-order valence-electron chi connectivity index (χ2n) is 6.93. The average Bonchev–Trinajstić information content (AvgIpc) is 3.11. The molecule has 1 aliphatic heterocycles. The first kappa shape index (κ1) is 22.6. The number of halogens is 1. The number of likely N-dealkylation sites (tertiary alicyclic amines) is 1. The van der Waals surface area contributed by atoms with E-state index in [1.165, 1.54) is 43.5 Å². The van der Waals surface area contributed by atoms with E-state index in [4.69, 9.17) is 4.52 Å². The van der Waals surface area contributed by atoms with Gasteiger partial charge >= 0.3 is 0 Å². The Morgan fingerprint density at radius 1 is 1.11 bits per heavy atom. The Hall–Kier alpha value is -1.68. The lowest BCUT2D eigenvalue weighted by Gasteiger charge is -2.26. The van der Waals surface area contributed by atoms with Crippen LogP contribution in [0, 0.1) is 6.92 Å². The van der Waals surface area contributed by atoms with Crippen molar-refractivity contribution in [1.82, 2.24) is 25.7 Å². The highest BCUT2D eigenvalue weighted by molar-refractivity contribution is 14.0. The van der Waals surface area contributed by atoms with E-state index in [2.05, 4.69) is 54.9 Å². The molecule has 1 aromatic carbocycles. The predicted octanol–water partition coefficient (Wildman–Crippen LogP) is 3.24. The molecular formula is C20H31IN6O. The molecule has 0 atom stereocenters. The van der Waals surface area contributed by atoms with Crippen molar-refractivity contribution in [2.75, 3.05) is 19.6 Å². The van der Waals surface area contributed by atoms with Crippen molar-refractivity contribution >= 4 is 29.9 Å². The van der Waals surface area contributed by atoms with Crippen LogP contribution in [0.3, 0.4) is 0 Å². The minimum Gasteiger partial charge on any atom is -0.357 e. The molecule has 0 bridgehead atoms. The Morgan fingerprint density at radius 3 is 2.46 bits per heavy atom. The topological polar surface area (TPSA) is 78.6 Å². The minimum absolute atomic E-state index is 0. The monoisotopic (exact) mass is 498 g/mol. The molecule has 1 aliphatic rings. The molecule has 0 aliphatic carbocycles. The first-order chi connectivity index (χ1) is 13.2. The fourth-order valence-electron chi connectivity index (χ4n) is 3.21. The zero-order chi connectivity index (χ0) is 18.9. The van der Waals surface area contributed by atoms with Gasteiger partial charge in [-0.3, -0.25) is 4.90 Å². The zero-order valence-corrected chi connectivity index (χ0v) is 19.1. The average molecular weight is 498 g/mol. The maximum Gasteiger partial charge on any atom is 0.223 e. The molecule has 3 rings (SSSR count). The van der Waals surface area contributed by atoms with Gasteiger partial charge in [-0.1, -0.05) is 35.8 Å². The van der Waals surface area contributed by atoms with E-state index in [9.17, 15) is 0 Å². The Labute approximate surface area is 184 Å². The highest BCUT2D eigenvalue weighted by Crippen LogP contribution is 2.14. The smallest absolute Gasteiger partial charge is 0.223 e. The molecule has 28 heavy (non-hydrogen) atoms. The number of piperidine rings is 1. The molecule has 1 aromatic heterocycles. The van der Waals surface area contributed by atoms with E-state index < -0.39 is 0 Å². The summed E-state index contributed by atoms with van der Waals surface area (Å²) >= 11 is 0. The van der Waals surface area contributed by atoms with Crippen LogP contribution >= 0.6 is 24.0 Å². The minimum atomic E-state index is 0. The highest BCUT2D eigenvalue weighted by atomic mass is 127. The van der Waals surface area contributed by atoms with Crippen LogP contribution in [0.1, 0.15) is 49.0 Å². The summed E-state index contributed by atoms with van der Waals surface area (Å²) in [4.78, 5) is 11.4. The van der Waals surface area contributed by atoms with Gasteiger partial charge < -0.3 is 15.2 Å². The summed E-state index contributed by atoms with van der Waals surface area (Å²) in [5.41, 5.74) is 2.58. The summed E-state index contributed by atoms with van der Waals surface area (Å²) in [6.45, 7) is 9.25. The van der Waals surface area contributed by atoms with Gasteiger partial charge in [-0.15, -0.1) is 24.0 Å². The van der Waals surface area contributed by atoms with Crippen LogP contribution in [0.2, 0.25) is 0 Å². The molecule has 2 aromatic rings. The third-order valence-corrected chi connectivity index (χ3v) is 4.63. The molecule has 1 fully saturated rings. The summed E-state index contributed by atoms with van der Waals surface area (Å²) in [6, 6.07) is 8.80. The fourth-order valence-corrected chi connectivity index (χ4v) is 3.21. The van der Waals surface area contributed by atoms with Gasteiger partial charge in [0.1, 0.15) is 0 Å². The highest BCUT2D eigenvalue weighted by Gasteiger charge is 2.10. The Kier molecular flexibility index (Phi) is 9.69. The van der Waals surface area contributed by atoms with Gasteiger partial charge in [-0.2, -0.15) is 4.98 Å². The largest absolute Gasteiger partial charge is 0.357 e. The number of hydrogen-bond acceptors (Lipinski definition) is 5. The number of aryl methyl sites for hydroxylation is 1. The third kappa shape index (κ3) is 7.38. The Balaban J connectivity index is 0.00000280. The predicted molar refractivity (Wildman–Crippen MR) is 122 cm³/mol. The molecule has 0 amide bonds. The summed E-state index contributed by atoms with van der Waals surface area (Å²) in [7, 11) is 0. The van der Waals surface area contributed by atoms with Gasteiger partial charge in [0.25, 0.3) is 0 Å². The second kappa shape index (κ2) is 12.0. The van der Waals surface area contributed by atoms with E-state index in [1.807, 2.05) is 6.92 Å². The van der Waals surface area contributed by atoms with Crippen molar-refractivity contribution < 1.29 is 4.52 Å². The maximum atomic E-state index is 4.99. The number of aliphatic imine (C=N–C) groups is 1. The van der Waals surface area contributed by atoms with Crippen molar-refractivity contribution in [3.05, 3.63) is 47.1 Å². The second-order valence-corrected chi connectivity index (χ2v) is 6.93. The standard InChI is InChI=1S/C20H30N6O.HI/c1-3-21-20(23-14-19-24-16(2)27-25-19)22-13-17-7-9-18(10-8-17)15-26-11-5-4-6-12-26;/h7-10H,3-6,11-15H2,1-2H3,(H2,21,22,23);1H. The van der Waals surface area contributed by atoms with Gasteiger partial charge in [-0.25, -0.2) is 4.99 Å². The molecule has 0 radical (unpaired) electrons. The molecular weight excluding hydrogens is 467 g/mol. The SMILES string of the molecule is CCNC(=NCc1ccc(CN2CCCCC2)cc1)NCc1noc(C)n1.I. The van der Waals surface area contributed by atoms with Crippen molar-refractivity contribution in [2.45, 2.75) is 52.7 Å². The van der Waals surface area contributed by atoms with Crippen molar-refractivity contribution in [1.29, 1.82) is 0 Å². The maximum absolute atomic E-state index is 4.99. The van der Waals surface area contributed by atoms with Gasteiger partial charge in [0.15, 0.2) is 11.8 Å². The lowest BCUT2D eigenvalue weighted by atomic mass is 10.1. The van der Waals surface area contributed by atoms with E-state index in [0.29, 0.717) is 24.8 Å². The molecule has 154 valence electrons. The van der Waals surface area contributed by atoms with E-state index in [0.717, 1.165) is 19.0 Å². The summed E-state index contributed by atoms with van der Waals surface area (Å²) in [5.74, 6) is 1.94. The van der Waals surface area contributed by atoms with Gasteiger partial charge in [0, 0.05) is 20.0 Å². The normalized spacial score (nSPS) is 15.1. The number of nitrogens with zero attached hydrogens (tertiary/aromatic N) is 4. The number of aromatic nitrogens is 2. The third-order valence-electron chi connectivity index (χ3n) is 4.63. The zero-order valence-electron chi connectivity index (χ0n) is 16.8. The quantitative estimate of drug-likeness (QED) is 0.347. The van der Waals surface area contributed by atoms with Crippen LogP contribution in [0.25, 0.3) is 0 Å². The lowest BCUT2D eigenvalue weighted by molar-refractivity contribution is 0.221. The molecule has 0 spiro atoms. The van der Waals surface area contributed by atoms with Crippen LogP contribution in [-0.2, 0) is 19.6 Å². The molecule has 0 unspecified atom stereocenters. The van der Waals surface area contributed by atoms with Gasteiger partial charge in [0.05, 0.1) is 13.1 Å². The van der Waals surface area contributed by atoms with Crippen molar-refractivity contribution in [3.8, 4) is 0 Å². The molecule has 0 saturated carbocycles. The summed E-state index contributed by atoms with van der Waals surface area (Å²) in [6.07, 6.45) is 4.04. The number of guanidine groups is 1. The van der Waals surface area contributed by atoms with Crippen LogP contribution in [0.5, 0.6) is 0 Å². The molecule has 8 heteroatoms. The molecule has 2 N–H and O–H groups in total. The summed E-state index contributed by atoms with van der Waals surface area (Å²) in [5, 5.41) is 10.4. The molecule has 1 saturated heterocycles. The van der Waals surface area contributed by atoms with Crippen molar-refractivity contribution in [2.24, 2.45) is 4.99 Å². The fraction of sp³-hybridized carbons (Fsp3) is 0.550. The van der Waals surface area contributed by atoms with E-state index in [-0.39, 0.29) is 24.0 Å². The Bertz CT molecular complexity index is 725. The first-order valence-electron chi connectivity index (χ1n) is 9.84. The number of benzene rings is 1. The lowest BCUT2D eigenvalue weighted by Crippen LogP contribution is -2.37. The van der Waals surface area contributed by atoms with Crippen LogP contribution < -0.4 is 10.6 Å².